The average molecular weight is 1260 g/mol. The van der Waals surface area contributed by atoms with Gasteiger partial charge in [-0.25, -0.2) is 4.57 Å². The van der Waals surface area contributed by atoms with Crippen LogP contribution in [0.5, 0.6) is 0 Å². The van der Waals surface area contributed by atoms with Gasteiger partial charge in [-0.15, -0.1) is 0 Å². The molecule has 0 fully saturated rings. The third-order valence-corrected chi connectivity index (χ3v) is 15.1. The predicted molar refractivity (Wildman–Crippen MR) is 389 cm³/mol. The second-order valence-electron chi connectivity index (χ2n) is 23.8. The van der Waals surface area contributed by atoms with Crippen molar-refractivity contribution in [3.05, 3.63) is 194 Å². The number of carbonyl (C=O) groups excluding carboxylic acids is 2. The number of hydrogen-bond acceptors (Lipinski definition) is 7. The Kier molecular flexibility index (Phi) is 64.3. The van der Waals surface area contributed by atoms with Crippen LogP contribution in [0.3, 0.4) is 0 Å². The van der Waals surface area contributed by atoms with E-state index in [0.717, 1.165) is 148 Å². The van der Waals surface area contributed by atoms with Gasteiger partial charge in [0.2, 0.25) is 0 Å². The van der Waals surface area contributed by atoms with Crippen LogP contribution in [0.25, 0.3) is 0 Å². The molecule has 1 N–H and O–H groups in total. The molecule has 0 rings (SSSR count). The zero-order valence-corrected chi connectivity index (χ0v) is 58.4. The summed E-state index contributed by atoms with van der Waals surface area (Å²) < 4.78 is 34.7. The summed E-state index contributed by atoms with van der Waals surface area (Å²) in [5, 5.41) is 0. The van der Waals surface area contributed by atoms with E-state index in [1.165, 1.54) is 64.2 Å². The number of esters is 2. The first kappa shape index (κ1) is 84.8. The highest BCUT2D eigenvalue weighted by Crippen LogP contribution is 2.43. The lowest BCUT2D eigenvalue weighted by atomic mass is 10.0. The summed E-state index contributed by atoms with van der Waals surface area (Å²) in [5.41, 5.74) is 0. The van der Waals surface area contributed by atoms with Gasteiger partial charge >= 0.3 is 19.8 Å². The second-order valence-corrected chi connectivity index (χ2v) is 25.3. The molecule has 2 unspecified atom stereocenters. The molecule has 90 heavy (non-hydrogen) atoms. The lowest BCUT2D eigenvalue weighted by Crippen LogP contribution is -2.37. The highest BCUT2D eigenvalue weighted by molar-refractivity contribution is 7.47. The monoisotopic (exact) mass is 1260 g/mol. The van der Waals surface area contributed by atoms with Gasteiger partial charge in [0.15, 0.2) is 6.10 Å². The minimum Gasteiger partial charge on any atom is -0.462 e. The largest absolute Gasteiger partial charge is 0.472 e. The molecular weight excluding hydrogens is 1130 g/mol. The van der Waals surface area contributed by atoms with Gasteiger partial charge in [0.25, 0.3) is 0 Å². The van der Waals surface area contributed by atoms with Crippen LogP contribution in [-0.4, -0.2) is 74.9 Å². The maximum atomic E-state index is 12.9. The topological polar surface area (TPSA) is 108 Å². The lowest BCUT2D eigenvalue weighted by molar-refractivity contribution is -0.870. The molecule has 0 aliphatic heterocycles. The molecule has 10 heteroatoms. The van der Waals surface area contributed by atoms with E-state index in [4.69, 9.17) is 18.5 Å². The van der Waals surface area contributed by atoms with Crippen LogP contribution in [0.15, 0.2) is 194 Å². The summed E-state index contributed by atoms with van der Waals surface area (Å²) >= 11 is 0. The Hall–Kier alpha value is -5.15. The van der Waals surface area contributed by atoms with Crippen LogP contribution in [-0.2, 0) is 32.7 Å². The Morgan fingerprint density at radius 1 is 0.344 bits per heavy atom. The van der Waals surface area contributed by atoms with Crippen molar-refractivity contribution >= 4 is 19.8 Å². The summed E-state index contributed by atoms with van der Waals surface area (Å²) in [4.78, 5) is 35.9. The summed E-state index contributed by atoms with van der Waals surface area (Å²) in [6.45, 7) is 4.15. The van der Waals surface area contributed by atoms with Gasteiger partial charge in [0, 0.05) is 12.8 Å². The number of carbonyl (C=O) groups is 2. The van der Waals surface area contributed by atoms with E-state index in [0.29, 0.717) is 17.4 Å². The summed E-state index contributed by atoms with van der Waals surface area (Å²) in [6.07, 6.45) is 107. The third kappa shape index (κ3) is 71.9. The van der Waals surface area contributed by atoms with Crippen LogP contribution in [0, 0.1) is 0 Å². The molecule has 2 atom stereocenters. The van der Waals surface area contributed by atoms with Gasteiger partial charge < -0.3 is 18.9 Å². The van der Waals surface area contributed by atoms with E-state index in [1.807, 2.05) is 21.1 Å². The number of allylic oxidation sites excluding steroid dienone is 32. The quantitative estimate of drug-likeness (QED) is 0.0211. The first-order valence-electron chi connectivity index (χ1n) is 35.2. The highest BCUT2D eigenvalue weighted by atomic mass is 31.2. The van der Waals surface area contributed by atoms with Crippen molar-refractivity contribution in [3.63, 3.8) is 0 Å². The van der Waals surface area contributed by atoms with Gasteiger partial charge in [0.05, 0.1) is 27.7 Å². The fraction of sp³-hybridized carbons (Fsp3) is 0.575. The Morgan fingerprint density at radius 3 is 0.900 bits per heavy atom. The maximum absolute atomic E-state index is 12.9. The van der Waals surface area contributed by atoms with Crippen LogP contribution >= 0.6 is 7.82 Å². The minimum atomic E-state index is -4.42. The van der Waals surface area contributed by atoms with Crippen LogP contribution in [0.4, 0.5) is 0 Å². The van der Waals surface area contributed by atoms with E-state index in [2.05, 4.69) is 208 Å². The number of phosphoric ester groups is 1. The molecule has 0 spiro atoms. The van der Waals surface area contributed by atoms with E-state index in [1.54, 1.807) is 0 Å². The fourth-order valence-corrected chi connectivity index (χ4v) is 9.55. The van der Waals surface area contributed by atoms with Gasteiger partial charge in [-0.05, 0) is 141 Å². The average Bonchev–Trinajstić information content (AvgIpc) is 3.58. The van der Waals surface area contributed by atoms with E-state index >= 15 is 0 Å². The van der Waals surface area contributed by atoms with Gasteiger partial charge in [-0.1, -0.05) is 285 Å². The number of rotatable bonds is 62. The molecule has 0 amide bonds. The molecule has 0 aliphatic carbocycles. The van der Waals surface area contributed by atoms with Crippen LogP contribution < -0.4 is 0 Å². The molecule has 0 heterocycles. The number of nitrogens with zero attached hydrogens (tertiary/aromatic N) is 1. The number of ether oxygens (including phenoxy) is 2. The third-order valence-electron chi connectivity index (χ3n) is 14.1. The van der Waals surface area contributed by atoms with Crippen molar-refractivity contribution in [1.82, 2.24) is 0 Å². The Bertz CT molecular complexity index is 2220. The molecule has 0 aromatic carbocycles. The van der Waals surface area contributed by atoms with Crippen molar-refractivity contribution in [2.75, 3.05) is 47.5 Å². The summed E-state index contributed by atoms with van der Waals surface area (Å²) in [6, 6.07) is 0. The summed E-state index contributed by atoms with van der Waals surface area (Å²) in [7, 11) is 1.43. The zero-order valence-electron chi connectivity index (χ0n) is 57.5. The molecule has 506 valence electrons. The van der Waals surface area contributed by atoms with Crippen molar-refractivity contribution in [2.45, 2.75) is 251 Å². The molecule has 9 nitrogen and oxygen atoms in total. The Morgan fingerprint density at radius 2 is 0.600 bits per heavy atom. The number of phosphoric acid groups is 1. The van der Waals surface area contributed by atoms with E-state index in [-0.39, 0.29) is 32.0 Å². The maximum Gasteiger partial charge on any atom is 0.472 e. The van der Waals surface area contributed by atoms with Gasteiger partial charge in [0.1, 0.15) is 19.8 Å². The first-order valence-corrected chi connectivity index (χ1v) is 36.7. The number of hydrogen-bond donors (Lipinski definition) is 1. The highest BCUT2D eigenvalue weighted by Gasteiger charge is 2.27. The van der Waals surface area contributed by atoms with Crippen molar-refractivity contribution in [3.8, 4) is 0 Å². The second kappa shape index (κ2) is 68.2. The SMILES string of the molecule is CC/C=C\C/C=C\C/C=C\C/C=C\C/C=C\C/C=C\C/C=C\C/C=C\C/C=C\C/C=C\C/C=C\CCCCCC(=O)OC(COC(=O)CCCCCCCCCCCCCCC/C=C\C/C=C\C/C=C\C/C=C\C/C=C\CC)COP(=O)(O)OCC[N+](C)(C)C. The van der Waals surface area contributed by atoms with Crippen molar-refractivity contribution in [2.24, 2.45) is 0 Å². The molecule has 0 saturated heterocycles. The zero-order chi connectivity index (χ0) is 65.5. The molecule has 0 aromatic rings. The fourth-order valence-electron chi connectivity index (χ4n) is 8.81. The normalized spacial score (nSPS) is 14.3. The van der Waals surface area contributed by atoms with Crippen LogP contribution in [0.2, 0.25) is 0 Å². The molecule has 0 saturated carbocycles. The predicted octanol–water partition coefficient (Wildman–Crippen LogP) is 23.3. The number of likely N-dealkylation sites (N-methyl/N-ethyl adjacent to an activating group) is 1. The summed E-state index contributed by atoms with van der Waals surface area (Å²) in [5.74, 6) is -0.850. The number of quaternary nitrogens is 1. The molecule has 0 radical (unpaired) electrons. The minimum absolute atomic E-state index is 0.0142. The Balaban J connectivity index is 4.21. The standard InChI is InChI=1S/C80H128NO8P/c1-6-8-10-12-14-16-18-20-22-24-26-28-30-32-34-36-37-38-39-40-41-42-43-45-47-49-51-53-55-57-59-61-63-65-67-69-71-73-80(83)89-78(77-88-90(84,85)87-75-74-81(3,4)5)76-86-79(82)72-70-68-66-64-62-60-58-56-54-52-50-48-46-44-35-33-31-29-27-25-23-21-19-17-15-13-11-9-7-2/h8-11,14-17,20-23,26-29,32-35,37-38,40-41,43,45,49,51,55,57,61,63,78H,6-7,12-13,18-19,24-25,30-31,36,39,42,44,46-48,50,52-54,56,58-60,62,64-77H2,1-5H3/p+1/b10-8-,11-9-,16-14-,17-15-,22-20-,23-21-,28-26-,29-27-,34-32-,35-33-,38-37-,41-40-,45-43-,51-49-,57-55-,63-61-. The smallest absolute Gasteiger partial charge is 0.462 e. The number of unbranched alkanes of at least 4 members (excludes halogenated alkanes) is 16. The molecule has 0 aliphatic rings. The molecular formula is C80H129NO8P+. The first-order chi connectivity index (χ1) is 44.0. The van der Waals surface area contributed by atoms with Gasteiger partial charge in [-0.2, -0.15) is 0 Å². The van der Waals surface area contributed by atoms with Crippen molar-refractivity contribution in [1.29, 1.82) is 0 Å². The van der Waals surface area contributed by atoms with Crippen molar-refractivity contribution < 1.29 is 42.1 Å². The molecule has 0 aromatic heterocycles. The van der Waals surface area contributed by atoms with E-state index in [9.17, 15) is 19.0 Å². The van der Waals surface area contributed by atoms with E-state index < -0.39 is 26.5 Å². The van der Waals surface area contributed by atoms with Gasteiger partial charge in [-0.3, -0.25) is 18.6 Å². The van der Waals surface area contributed by atoms with Crippen LogP contribution in [0.1, 0.15) is 245 Å². The lowest BCUT2D eigenvalue weighted by Gasteiger charge is -2.24. The Labute approximate surface area is 552 Å². The molecule has 0 bridgehead atoms.